The second kappa shape index (κ2) is 9.50. The summed E-state index contributed by atoms with van der Waals surface area (Å²) in [6, 6.07) is 13.7. The Balaban J connectivity index is 1.83. The number of rotatable bonds is 5. The third-order valence-electron chi connectivity index (χ3n) is 5.10. The zero-order chi connectivity index (χ0) is 26.2. The Bertz CT molecular complexity index is 1470. The summed E-state index contributed by atoms with van der Waals surface area (Å²) in [4.78, 5) is 26.3. The van der Waals surface area contributed by atoms with E-state index in [1.165, 1.54) is 11.7 Å². The summed E-state index contributed by atoms with van der Waals surface area (Å²) in [5.74, 6) is -3.63. The summed E-state index contributed by atoms with van der Waals surface area (Å²) in [6.45, 7) is 0. The summed E-state index contributed by atoms with van der Waals surface area (Å²) in [6.07, 6.45) is -4.92. The van der Waals surface area contributed by atoms with Gasteiger partial charge in [-0.2, -0.15) is 0 Å². The van der Waals surface area contributed by atoms with Gasteiger partial charge in [-0.3, -0.25) is 14.3 Å². The van der Waals surface area contributed by atoms with E-state index in [-0.39, 0.29) is 16.3 Å². The summed E-state index contributed by atoms with van der Waals surface area (Å²) < 4.78 is 73.0. The molecule has 0 spiro atoms. The molecule has 0 aliphatic rings. The van der Waals surface area contributed by atoms with Gasteiger partial charge in [-0.15, -0.1) is 13.2 Å². The lowest BCUT2D eigenvalue weighted by Crippen LogP contribution is -2.23. The molecule has 0 fully saturated rings. The van der Waals surface area contributed by atoms with Crippen molar-refractivity contribution in [1.82, 2.24) is 9.36 Å². The lowest BCUT2D eigenvalue weighted by Gasteiger charge is -2.12. The molecule has 4 rings (SSSR count). The molecule has 0 saturated carbocycles. The quantitative estimate of drug-likeness (QED) is 0.330. The van der Waals surface area contributed by atoms with Crippen molar-refractivity contribution >= 4 is 23.2 Å². The average molecular weight is 524 g/mol. The maximum atomic E-state index is 14.9. The molecule has 0 radical (unpaired) electrons. The molecule has 1 aromatic heterocycles. The van der Waals surface area contributed by atoms with Crippen LogP contribution in [-0.4, -0.2) is 21.6 Å². The number of nitrogens with one attached hydrogen (secondary N) is 1. The lowest BCUT2D eigenvalue weighted by atomic mass is 10.1. The largest absolute Gasteiger partial charge is 0.573 e. The Morgan fingerprint density at radius 2 is 1.56 bits per heavy atom. The van der Waals surface area contributed by atoms with E-state index in [1.54, 1.807) is 30.3 Å². The highest BCUT2D eigenvalue weighted by molar-refractivity contribution is 6.30. The van der Waals surface area contributed by atoms with Crippen LogP contribution in [-0.2, 0) is 7.05 Å². The number of hydrogen-bond acceptors (Lipinski definition) is 3. The Morgan fingerprint density at radius 1 is 0.972 bits per heavy atom. The van der Waals surface area contributed by atoms with E-state index in [0.29, 0.717) is 5.69 Å². The van der Waals surface area contributed by atoms with Gasteiger partial charge >= 0.3 is 6.36 Å². The number of ether oxygens (including phenoxy) is 1. The summed E-state index contributed by atoms with van der Waals surface area (Å²) >= 11 is 5.73. The molecule has 4 aromatic rings. The van der Waals surface area contributed by atoms with Gasteiger partial charge in [0.2, 0.25) is 0 Å². The van der Waals surface area contributed by atoms with Gasteiger partial charge in [-0.1, -0.05) is 29.8 Å². The fourth-order valence-corrected chi connectivity index (χ4v) is 3.82. The Morgan fingerprint density at radius 3 is 2.11 bits per heavy atom. The van der Waals surface area contributed by atoms with E-state index in [0.717, 1.165) is 41.1 Å². The molecule has 6 nitrogen and oxygen atoms in total. The number of halogens is 6. The van der Waals surface area contributed by atoms with Crippen LogP contribution in [0.1, 0.15) is 10.4 Å². The molecule has 1 amide bonds. The molecule has 0 bridgehead atoms. The van der Waals surface area contributed by atoms with E-state index < -0.39 is 46.5 Å². The number of alkyl halides is 3. The van der Waals surface area contributed by atoms with Crippen molar-refractivity contribution in [3.8, 4) is 22.7 Å². The van der Waals surface area contributed by atoms with Crippen LogP contribution in [0, 0.1) is 11.6 Å². The van der Waals surface area contributed by atoms with Gasteiger partial charge in [0.05, 0.1) is 11.3 Å². The highest BCUT2D eigenvalue weighted by atomic mass is 35.5. The molecule has 0 unspecified atom stereocenters. The number of benzene rings is 3. The minimum atomic E-state index is -4.92. The minimum absolute atomic E-state index is 0.137. The Hall–Kier alpha value is -4.12. The lowest BCUT2D eigenvalue weighted by molar-refractivity contribution is -0.274. The number of carbonyl (C=O) groups excluding carboxylic acids is 1. The van der Waals surface area contributed by atoms with Gasteiger partial charge in [0.25, 0.3) is 11.5 Å². The van der Waals surface area contributed by atoms with Crippen molar-refractivity contribution in [3.63, 3.8) is 0 Å². The van der Waals surface area contributed by atoms with Crippen LogP contribution in [0.5, 0.6) is 5.75 Å². The first-order valence-electron chi connectivity index (χ1n) is 10.2. The molecule has 186 valence electrons. The van der Waals surface area contributed by atoms with Gasteiger partial charge in [-0.25, -0.2) is 13.5 Å². The van der Waals surface area contributed by atoms with E-state index in [9.17, 15) is 31.5 Å². The highest BCUT2D eigenvalue weighted by Gasteiger charge is 2.31. The molecule has 12 heteroatoms. The monoisotopic (exact) mass is 523 g/mol. The predicted molar refractivity (Wildman–Crippen MR) is 122 cm³/mol. The predicted octanol–water partition coefficient (Wildman–Crippen LogP) is 5.93. The second-order valence-electron chi connectivity index (χ2n) is 7.47. The molecule has 1 heterocycles. The third kappa shape index (κ3) is 4.96. The van der Waals surface area contributed by atoms with Crippen molar-refractivity contribution in [2.75, 3.05) is 5.32 Å². The Kier molecular flexibility index (Phi) is 6.59. The fraction of sp³-hybridized carbons (Fsp3) is 0.0833. The van der Waals surface area contributed by atoms with Crippen LogP contribution < -0.4 is 15.6 Å². The van der Waals surface area contributed by atoms with Crippen LogP contribution in [0.3, 0.4) is 0 Å². The van der Waals surface area contributed by atoms with Gasteiger partial charge in [-0.05, 0) is 48.5 Å². The summed E-state index contributed by atoms with van der Waals surface area (Å²) in [7, 11) is 1.37. The standard InChI is InChI=1S/C24H15ClF5N3O3/c1-32-21(19-17(26)11-14(25)12-18(19)27)20(23(35)33(32)15-5-3-2-4-6-15)31-22(34)13-7-9-16(10-8-13)36-24(28,29)30/h2-12H,1H3,(H,31,34). The zero-order valence-corrected chi connectivity index (χ0v) is 19.0. The molecular weight excluding hydrogens is 509 g/mol. The first kappa shape index (κ1) is 25.0. The van der Waals surface area contributed by atoms with E-state index >= 15 is 0 Å². The second-order valence-corrected chi connectivity index (χ2v) is 7.91. The van der Waals surface area contributed by atoms with Crippen molar-refractivity contribution < 1.29 is 31.5 Å². The van der Waals surface area contributed by atoms with Crippen LogP contribution in [0.15, 0.2) is 71.5 Å². The molecule has 3 aromatic carbocycles. The Labute approximate surface area is 205 Å². The first-order chi connectivity index (χ1) is 17.0. The summed E-state index contributed by atoms with van der Waals surface area (Å²) in [5, 5.41) is 2.12. The number of amides is 1. The molecule has 0 aliphatic heterocycles. The number of anilines is 1. The zero-order valence-electron chi connectivity index (χ0n) is 18.2. The highest BCUT2D eigenvalue weighted by Crippen LogP contribution is 2.33. The minimum Gasteiger partial charge on any atom is -0.406 e. The van der Waals surface area contributed by atoms with E-state index in [1.807, 2.05) is 0 Å². The van der Waals surface area contributed by atoms with Crippen LogP contribution >= 0.6 is 11.6 Å². The summed E-state index contributed by atoms with van der Waals surface area (Å²) in [5.41, 5.74) is -1.96. The van der Waals surface area contributed by atoms with Crippen LogP contribution in [0.2, 0.25) is 5.02 Å². The van der Waals surface area contributed by atoms with E-state index in [2.05, 4.69) is 10.1 Å². The third-order valence-corrected chi connectivity index (χ3v) is 5.32. The molecule has 0 aliphatic carbocycles. The molecule has 36 heavy (non-hydrogen) atoms. The van der Waals surface area contributed by atoms with Gasteiger partial charge < -0.3 is 10.1 Å². The van der Waals surface area contributed by atoms with Crippen molar-refractivity contribution in [1.29, 1.82) is 0 Å². The number of hydrogen-bond donors (Lipinski definition) is 1. The van der Waals surface area contributed by atoms with Crippen molar-refractivity contribution in [2.45, 2.75) is 6.36 Å². The number of aromatic nitrogens is 2. The smallest absolute Gasteiger partial charge is 0.406 e. The van der Waals surface area contributed by atoms with Crippen molar-refractivity contribution in [2.24, 2.45) is 7.05 Å². The molecule has 0 atom stereocenters. The number of carbonyl (C=O) groups is 1. The maximum absolute atomic E-state index is 14.9. The van der Waals surface area contributed by atoms with Gasteiger partial charge in [0, 0.05) is 17.6 Å². The van der Waals surface area contributed by atoms with E-state index in [4.69, 9.17) is 11.6 Å². The average Bonchev–Trinajstić information content (AvgIpc) is 3.02. The molecule has 1 N–H and O–H groups in total. The van der Waals surface area contributed by atoms with Crippen molar-refractivity contribution in [3.05, 3.63) is 99.3 Å². The van der Waals surface area contributed by atoms with Crippen LogP contribution in [0.4, 0.5) is 27.6 Å². The van der Waals surface area contributed by atoms with Gasteiger partial charge in [0.15, 0.2) is 0 Å². The number of nitrogens with zero attached hydrogens (tertiary/aromatic N) is 2. The maximum Gasteiger partial charge on any atom is 0.573 e. The molecule has 0 saturated heterocycles. The van der Waals surface area contributed by atoms with Crippen LogP contribution in [0.25, 0.3) is 16.9 Å². The SMILES string of the molecule is Cn1c(-c2c(F)cc(Cl)cc2F)c(NC(=O)c2ccc(OC(F)(F)F)cc2)c(=O)n1-c1ccccc1. The fourth-order valence-electron chi connectivity index (χ4n) is 3.63. The molecular formula is C24H15ClF5N3O3. The first-order valence-corrected chi connectivity index (χ1v) is 10.5. The topological polar surface area (TPSA) is 65.3 Å². The van der Waals surface area contributed by atoms with Gasteiger partial charge in [0.1, 0.15) is 28.8 Å². The number of para-hydroxylation sites is 1. The normalized spacial score (nSPS) is 11.4.